The summed E-state index contributed by atoms with van der Waals surface area (Å²) in [4.78, 5) is 29.6. The number of esters is 1. The van der Waals surface area contributed by atoms with Gasteiger partial charge in [-0.15, -0.1) is 0 Å². The first-order chi connectivity index (χ1) is 16.3. The van der Waals surface area contributed by atoms with Crippen molar-refractivity contribution in [2.24, 2.45) is 4.99 Å². The summed E-state index contributed by atoms with van der Waals surface area (Å²) in [6.45, 7) is 2.53. The minimum atomic E-state index is -3.72. The van der Waals surface area contributed by atoms with Gasteiger partial charge in [0.15, 0.2) is 4.80 Å². The van der Waals surface area contributed by atoms with Gasteiger partial charge in [-0.1, -0.05) is 29.5 Å². The molecule has 0 aliphatic heterocycles. The van der Waals surface area contributed by atoms with Crippen LogP contribution in [0.25, 0.3) is 10.2 Å². The van der Waals surface area contributed by atoms with Crippen LogP contribution < -0.4 is 9.52 Å². The number of hydrogen-bond donors (Lipinski definition) is 1. The number of carbonyl (C=O) groups is 2. The van der Waals surface area contributed by atoms with E-state index in [2.05, 4.69) is 9.71 Å². The third kappa shape index (κ3) is 4.78. The van der Waals surface area contributed by atoms with Crippen molar-refractivity contribution in [3.05, 3.63) is 88.7 Å². The summed E-state index contributed by atoms with van der Waals surface area (Å²) < 4.78 is 34.9. The fourth-order valence-electron chi connectivity index (χ4n) is 3.35. The Labute approximate surface area is 200 Å². The van der Waals surface area contributed by atoms with Crippen LogP contribution in [0.4, 0.5) is 5.69 Å². The van der Waals surface area contributed by atoms with Crippen LogP contribution in [-0.4, -0.2) is 32.0 Å². The highest BCUT2D eigenvalue weighted by molar-refractivity contribution is 7.92. The van der Waals surface area contributed by atoms with Gasteiger partial charge in [-0.2, -0.15) is 4.99 Å². The van der Waals surface area contributed by atoms with Gasteiger partial charge in [-0.05, 0) is 61.5 Å². The van der Waals surface area contributed by atoms with E-state index in [0.29, 0.717) is 28.2 Å². The summed E-state index contributed by atoms with van der Waals surface area (Å²) in [5.74, 6) is -0.893. The standard InChI is InChI=1S/C24H21N3O5S2/c1-3-27-20-14-11-17(23(29)32-2)15-21(20)33-24(27)25-22(28)16-9-12-18(13-10-16)26-34(30,31)19-7-5-4-6-8-19/h4-15,26H,3H2,1-2H3. The summed E-state index contributed by atoms with van der Waals surface area (Å²) in [6, 6.07) is 19.3. The van der Waals surface area contributed by atoms with Crippen LogP contribution in [0.1, 0.15) is 27.6 Å². The Hall–Kier alpha value is -3.76. The highest BCUT2D eigenvalue weighted by Crippen LogP contribution is 2.21. The van der Waals surface area contributed by atoms with Crippen molar-refractivity contribution < 1.29 is 22.7 Å². The van der Waals surface area contributed by atoms with Gasteiger partial charge in [0.1, 0.15) is 0 Å². The lowest BCUT2D eigenvalue weighted by Crippen LogP contribution is -2.16. The third-order valence-electron chi connectivity index (χ3n) is 5.05. The average molecular weight is 496 g/mol. The van der Waals surface area contributed by atoms with Crippen LogP contribution in [0, 0.1) is 0 Å². The number of nitrogens with one attached hydrogen (secondary N) is 1. The average Bonchev–Trinajstić information content (AvgIpc) is 3.20. The zero-order chi connectivity index (χ0) is 24.3. The van der Waals surface area contributed by atoms with Gasteiger partial charge in [0.2, 0.25) is 0 Å². The molecule has 174 valence electrons. The molecule has 0 fully saturated rings. The minimum absolute atomic E-state index is 0.148. The maximum absolute atomic E-state index is 12.8. The Kier molecular flexibility index (Phi) is 6.62. The number of nitrogens with zero attached hydrogens (tertiary/aromatic N) is 2. The SMILES string of the molecule is CCn1c(=NC(=O)c2ccc(NS(=O)(=O)c3ccccc3)cc2)sc2cc(C(=O)OC)ccc21. The highest BCUT2D eigenvalue weighted by atomic mass is 32.2. The molecule has 0 saturated carbocycles. The molecule has 1 N–H and O–H groups in total. The lowest BCUT2D eigenvalue weighted by atomic mass is 10.2. The quantitative estimate of drug-likeness (QED) is 0.406. The first kappa shape index (κ1) is 23.4. The van der Waals surface area contributed by atoms with Gasteiger partial charge >= 0.3 is 5.97 Å². The van der Waals surface area contributed by atoms with Gasteiger partial charge in [0.25, 0.3) is 15.9 Å². The molecule has 10 heteroatoms. The van der Waals surface area contributed by atoms with Gasteiger partial charge in [-0.25, -0.2) is 13.2 Å². The van der Waals surface area contributed by atoms with Crippen LogP contribution in [0.15, 0.2) is 82.7 Å². The first-order valence-electron chi connectivity index (χ1n) is 10.3. The summed E-state index contributed by atoms with van der Waals surface area (Å²) >= 11 is 1.30. The van der Waals surface area contributed by atoms with Crippen molar-refractivity contribution in [2.75, 3.05) is 11.8 Å². The fraction of sp³-hybridized carbons (Fsp3) is 0.125. The van der Waals surface area contributed by atoms with Crippen LogP contribution >= 0.6 is 11.3 Å². The van der Waals surface area contributed by atoms with Crippen molar-refractivity contribution in [3.8, 4) is 0 Å². The summed E-state index contributed by atoms with van der Waals surface area (Å²) in [7, 11) is -2.40. The monoisotopic (exact) mass is 495 g/mol. The molecule has 1 amide bonds. The molecule has 4 rings (SSSR count). The minimum Gasteiger partial charge on any atom is -0.465 e. The number of aromatic nitrogens is 1. The molecule has 0 saturated heterocycles. The molecule has 8 nitrogen and oxygen atoms in total. The van der Waals surface area contributed by atoms with E-state index >= 15 is 0 Å². The number of methoxy groups -OCH3 is 1. The van der Waals surface area contributed by atoms with E-state index in [0.717, 1.165) is 10.2 Å². The Morgan fingerprint density at radius 1 is 1.00 bits per heavy atom. The lowest BCUT2D eigenvalue weighted by molar-refractivity contribution is 0.0600. The van der Waals surface area contributed by atoms with Crippen LogP contribution in [0.3, 0.4) is 0 Å². The van der Waals surface area contributed by atoms with Gasteiger partial charge in [0.05, 0.1) is 27.8 Å². The molecule has 0 aliphatic rings. The topological polar surface area (TPSA) is 107 Å². The Balaban J connectivity index is 1.61. The number of thiazole rings is 1. The molecule has 0 unspecified atom stereocenters. The molecule has 34 heavy (non-hydrogen) atoms. The van der Waals surface area contributed by atoms with Crippen molar-refractivity contribution in [1.29, 1.82) is 0 Å². The molecule has 4 aromatic rings. The van der Waals surface area contributed by atoms with Crippen molar-refractivity contribution in [3.63, 3.8) is 0 Å². The molecule has 1 heterocycles. The molecule has 3 aromatic carbocycles. The number of sulfonamides is 1. The Morgan fingerprint density at radius 3 is 2.32 bits per heavy atom. The lowest BCUT2D eigenvalue weighted by Gasteiger charge is -2.08. The first-order valence-corrected chi connectivity index (χ1v) is 12.6. The second kappa shape index (κ2) is 9.62. The van der Waals surface area contributed by atoms with E-state index in [9.17, 15) is 18.0 Å². The molecule has 0 spiro atoms. The number of aryl methyl sites for hydroxylation is 1. The van der Waals surface area contributed by atoms with E-state index in [-0.39, 0.29) is 4.90 Å². The molecular weight excluding hydrogens is 474 g/mol. The zero-order valence-corrected chi connectivity index (χ0v) is 20.0. The van der Waals surface area contributed by atoms with Crippen molar-refractivity contribution >= 4 is 49.1 Å². The molecular formula is C24H21N3O5S2. The Morgan fingerprint density at radius 2 is 1.68 bits per heavy atom. The predicted octanol–water partition coefficient (Wildman–Crippen LogP) is 4.05. The van der Waals surface area contributed by atoms with E-state index in [1.54, 1.807) is 36.4 Å². The third-order valence-corrected chi connectivity index (χ3v) is 7.49. The van der Waals surface area contributed by atoms with E-state index < -0.39 is 21.9 Å². The molecule has 0 radical (unpaired) electrons. The van der Waals surface area contributed by atoms with Crippen LogP contribution in [0.2, 0.25) is 0 Å². The fourth-order valence-corrected chi connectivity index (χ4v) is 5.57. The molecule has 0 bridgehead atoms. The van der Waals surface area contributed by atoms with E-state index in [1.807, 2.05) is 11.5 Å². The second-order valence-corrected chi connectivity index (χ2v) is 9.91. The molecule has 0 aliphatic carbocycles. The number of carbonyl (C=O) groups excluding carboxylic acids is 2. The van der Waals surface area contributed by atoms with Crippen LogP contribution in [0.5, 0.6) is 0 Å². The van der Waals surface area contributed by atoms with Crippen molar-refractivity contribution in [1.82, 2.24) is 4.57 Å². The molecule has 0 atom stereocenters. The zero-order valence-electron chi connectivity index (χ0n) is 18.4. The molecule has 1 aromatic heterocycles. The van der Waals surface area contributed by atoms with Gasteiger partial charge < -0.3 is 9.30 Å². The highest BCUT2D eigenvalue weighted by Gasteiger charge is 2.15. The summed E-state index contributed by atoms with van der Waals surface area (Å²) in [5.41, 5.74) is 1.93. The predicted molar refractivity (Wildman–Crippen MR) is 130 cm³/mol. The van der Waals surface area contributed by atoms with Crippen LogP contribution in [-0.2, 0) is 21.3 Å². The number of ether oxygens (including phenoxy) is 1. The summed E-state index contributed by atoms with van der Waals surface area (Å²) in [6.07, 6.45) is 0. The smallest absolute Gasteiger partial charge is 0.337 e. The van der Waals surface area contributed by atoms with Crippen molar-refractivity contribution in [2.45, 2.75) is 18.4 Å². The number of fused-ring (bicyclic) bond motifs is 1. The number of anilines is 1. The van der Waals surface area contributed by atoms with Gasteiger partial charge in [-0.3, -0.25) is 9.52 Å². The maximum atomic E-state index is 12.8. The number of amides is 1. The number of rotatable bonds is 6. The maximum Gasteiger partial charge on any atom is 0.337 e. The van der Waals surface area contributed by atoms with E-state index in [1.165, 1.54) is 54.8 Å². The Bertz CT molecular complexity index is 1540. The second-order valence-electron chi connectivity index (χ2n) is 7.22. The number of benzene rings is 3. The normalized spacial score (nSPS) is 12.0. The van der Waals surface area contributed by atoms with Gasteiger partial charge in [0, 0.05) is 17.8 Å². The largest absolute Gasteiger partial charge is 0.465 e. The summed E-state index contributed by atoms with van der Waals surface area (Å²) in [5, 5.41) is 0. The number of hydrogen-bond acceptors (Lipinski definition) is 6. The van der Waals surface area contributed by atoms with E-state index in [4.69, 9.17) is 4.74 Å².